The largest absolute Gasteiger partial charge is 0.458 e. The van der Waals surface area contributed by atoms with Crippen LogP contribution in [0.3, 0.4) is 0 Å². The Balaban J connectivity index is 1.74. The number of rotatable bonds is 3. The lowest BCUT2D eigenvalue weighted by Crippen LogP contribution is -2.38. The van der Waals surface area contributed by atoms with Crippen molar-refractivity contribution in [2.24, 2.45) is 16.7 Å². The molecule has 2 aliphatic rings. The summed E-state index contributed by atoms with van der Waals surface area (Å²) >= 11 is 0. The molecule has 2 bridgehead atoms. The molecule has 3 atom stereocenters. The molecule has 0 saturated heterocycles. The highest BCUT2D eigenvalue weighted by Crippen LogP contribution is 2.66. The first kappa shape index (κ1) is 15.0. The van der Waals surface area contributed by atoms with Crippen molar-refractivity contribution in [3.05, 3.63) is 39.9 Å². The molecule has 22 heavy (non-hydrogen) atoms. The number of ether oxygens (including phenoxy) is 1. The molecule has 0 amide bonds. The average molecular weight is 303 g/mol. The van der Waals surface area contributed by atoms with E-state index in [4.69, 9.17) is 4.74 Å². The number of benzene rings is 1. The summed E-state index contributed by atoms with van der Waals surface area (Å²) in [6, 6.07) is 5.59. The van der Waals surface area contributed by atoms with Gasteiger partial charge in [0.25, 0.3) is 5.69 Å². The number of hydrogen-bond donors (Lipinski definition) is 0. The topological polar surface area (TPSA) is 69.4 Å². The Morgan fingerprint density at radius 1 is 1.27 bits per heavy atom. The number of nitro groups is 1. The molecule has 1 aromatic rings. The zero-order chi connectivity index (χ0) is 16.1. The normalized spacial score (nSPS) is 32.0. The molecule has 0 N–H and O–H groups in total. The van der Waals surface area contributed by atoms with Crippen molar-refractivity contribution in [2.45, 2.75) is 46.1 Å². The second-order valence-corrected chi connectivity index (χ2v) is 7.31. The fourth-order valence-corrected chi connectivity index (χ4v) is 4.22. The second-order valence-electron chi connectivity index (χ2n) is 7.31. The van der Waals surface area contributed by atoms with E-state index in [9.17, 15) is 14.9 Å². The van der Waals surface area contributed by atoms with E-state index in [0.717, 1.165) is 12.8 Å². The third-order valence-corrected chi connectivity index (χ3v) is 6.28. The number of nitrogens with zero attached hydrogens (tertiary/aromatic N) is 1. The van der Waals surface area contributed by atoms with Crippen LogP contribution in [-0.2, 0) is 4.74 Å². The van der Waals surface area contributed by atoms with E-state index in [1.807, 2.05) is 0 Å². The van der Waals surface area contributed by atoms with Crippen molar-refractivity contribution in [1.82, 2.24) is 0 Å². The minimum absolute atomic E-state index is 0.0219. The van der Waals surface area contributed by atoms with Gasteiger partial charge in [0.1, 0.15) is 6.10 Å². The number of hydrogen-bond acceptors (Lipinski definition) is 4. The Labute approximate surface area is 129 Å². The Morgan fingerprint density at radius 2 is 1.91 bits per heavy atom. The Hall–Kier alpha value is -1.91. The van der Waals surface area contributed by atoms with Crippen LogP contribution in [0, 0.1) is 26.9 Å². The minimum Gasteiger partial charge on any atom is -0.458 e. The van der Waals surface area contributed by atoms with Gasteiger partial charge in [0.15, 0.2) is 0 Å². The molecule has 0 spiro atoms. The van der Waals surface area contributed by atoms with Crippen LogP contribution in [0.2, 0.25) is 0 Å². The number of fused-ring (bicyclic) bond motifs is 2. The van der Waals surface area contributed by atoms with E-state index < -0.39 is 4.92 Å². The molecule has 2 fully saturated rings. The van der Waals surface area contributed by atoms with Crippen molar-refractivity contribution in [3.8, 4) is 0 Å². The van der Waals surface area contributed by atoms with Gasteiger partial charge >= 0.3 is 5.97 Å². The predicted octanol–water partition coefficient (Wildman–Crippen LogP) is 3.97. The molecule has 0 heterocycles. The van der Waals surface area contributed by atoms with Crippen LogP contribution in [0.1, 0.15) is 50.4 Å². The summed E-state index contributed by atoms with van der Waals surface area (Å²) < 4.78 is 5.76. The van der Waals surface area contributed by atoms with E-state index >= 15 is 0 Å². The second kappa shape index (κ2) is 4.80. The van der Waals surface area contributed by atoms with Crippen LogP contribution < -0.4 is 0 Å². The monoisotopic (exact) mass is 303 g/mol. The van der Waals surface area contributed by atoms with Crippen LogP contribution >= 0.6 is 0 Å². The quantitative estimate of drug-likeness (QED) is 0.481. The Kier molecular flexibility index (Phi) is 3.27. The Bertz CT molecular complexity index is 622. The number of non-ortho nitro benzene ring substituents is 1. The lowest BCUT2D eigenvalue weighted by Gasteiger charge is -2.38. The molecule has 2 saturated carbocycles. The van der Waals surface area contributed by atoms with E-state index in [0.29, 0.717) is 11.5 Å². The van der Waals surface area contributed by atoms with Crippen LogP contribution in [0.5, 0.6) is 0 Å². The summed E-state index contributed by atoms with van der Waals surface area (Å²) in [5, 5.41) is 10.7. The molecule has 1 aromatic carbocycles. The molecule has 0 radical (unpaired) electrons. The highest BCUT2D eigenvalue weighted by Gasteiger charge is 2.62. The van der Waals surface area contributed by atoms with Gasteiger partial charge in [-0.05, 0) is 42.7 Å². The summed E-state index contributed by atoms with van der Waals surface area (Å²) in [6.07, 6.45) is 3.14. The first-order valence-electron chi connectivity index (χ1n) is 7.71. The summed E-state index contributed by atoms with van der Waals surface area (Å²) in [7, 11) is 0. The van der Waals surface area contributed by atoms with Crippen LogP contribution in [-0.4, -0.2) is 17.0 Å². The van der Waals surface area contributed by atoms with Gasteiger partial charge in [-0.25, -0.2) is 4.79 Å². The van der Waals surface area contributed by atoms with Gasteiger partial charge in [0, 0.05) is 17.5 Å². The highest BCUT2D eigenvalue weighted by atomic mass is 16.6. The van der Waals surface area contributed by atoms with E-state index in [-0.39, 0.29) is 28.6 Å². The van der Waals surface area contributed by atoms with Crippen molar-refractivity contribution >= 4 is 11.7 Å². The number of nitro benzene ring substituents is 1. The Morgan fingerprint density at radius 3 is 2.36 bits per heavy atom. The zero-order valence-corrected chi connectivity index (χ0v) is 13.2. The molecular weight excluding hydrogens is 282 g/mol. The maximum absolute atomic E-state index is 12.3. The third-order valence-electron chi connectivity index (χ3n) is 6.28. The van der Waals surface area contributed by atoms with Crippen LogP contribution in [0.15, 0.2) is 24.3 Å². The zero-order valence-electron chi connectivity index (χ0n) is 13.2. The van der Waals surface area contributed by atoms with Gasteiger partial charge in [0.05, 0.1) is 10.5 Å². The van der Waals surface area contributed by atoms with E-state index in [1.165, 1.54) is 30.7 Å². The molecule has 118 valence electrons. The van der Waals surface area contributed by atoms with Crippen LogP contribution in [0.4, 0.5) is 5.69 Å². The number of carbonyl (C=O) groups excluding carboxylic acids is 1. The SMILES string of the molecule is CC1(C)[C@H]2CC[C@@]1(C)[C@H](OC(=O)c1ccc([N+](=O)[O-])cc1)C2. The van der Waals surface area contributed by atoms with Crippen molar-refractivity contribution in [2.75, 3.05) is 0 Å². The summed E-state index contributed by atoms with van der Waals surface area (Å²) in [5.41, 5.74) is 0.556. The molecule has 0 unspecified atom stereocenters. The molecular formula is C17H21NO4. The van der Waals surface area contributed by atoms with Gasteiger partial charge in [-0.3, -0.25) is 10.1 Å². The van der Waals surface area contributed by atoms with Gasteiger partial charge in [-0.1, -0.05) is 20.8 Å². The highest BCUT2D eigenvalue weighted by molar-refractivity contribution is 5.89. The first-order valence-corrected chi connectivity index (χ1v) is 7.71. The van der Waals surface area contributed by atoms with Crippen molar-refractivity contribution < 1.29 is 14.5 Å². The molecule has 0 aromatic heterocycles. The fraction of sp³-hybridized carbons (Fsp3) is 0.588. The van der Waals surface area contributed by atoms with Crippen LogP contribution in [0.25, 0.3) is 0 Å². The predicted molar refractivity (Wildman–Crippen MR) is 81.5 cm³/mol. The van der Waals surface area contributed by atoms with Crippen molar-refractivity contribution in [1.29, 1.82) is 0 Å². The van der Waals surface area contributed by atoms with Gasteiger partial charge in [-0.2, -0.15) is 0 Å². The summed E-state index contributed by atoms with van der Waals surface area (Å²) in [6.45, 7) is 6.75. The van der Waals surface area contributed by atoms with Gasteiger partial charge in [-0.15, -0.1) is 0 Å². The third kappa shape index (κ3) is 2.02. The summed E-state index contributed by atoms with van der Waals surface area (Å²) in [5.74, 6) is 0.219. The minimum atomic E-state index is -0.478. The average Bonchev–Trinajstić information content (AvgIpc) is 2.80. The van der Waals surface area contributed by atoms with E-state index in [2.05, 4.69) is 20.8 Å². The number of carbonyl (C=O) groups is 1. The van der Waals surface area contributed by atoms with Gasteiger partial charge < -0.3 is 4.74 Å². The fourth-order valence-electron chi connectivity index (χ4n) is 4.22. The molecule has 2 aliphatic carbocycles. The van der Waals surface area contributed by atoms with Gasteiger partial charge in [0.2, 0.25) is 0 Å². The number of esters is 1. The standard InChI is InChI=1S/C17H21NO4/c1-16(2)12-8-9-17(16,3)14(10-12)22-15(19)11-4-6-13(7-5-11)18(20)21/h4-7,12,14H,8-10H2,1-3H3/t12-,14+,17-/m0/s1. The maximum Gasteiger partial charge on any atom is 0.338 e. The lowest BCUT2D eigenvalue weighted by molar-refractivity contribution is -0.384. The maximum atomic E-state index is 12.3. The first-order chi connectivity index (χ1) is 10.3. The smallest absolute Gasteiger partial charge is 0.338 e. The lowest BCUT2D eigenvalue weighted by atomic mass is 9.70. The molecule has 5 heteroatoms. The molecule has 5 nitrogen and oxygen atoms in total. The molecule has 3 rings (SSSR count). The summed E-state index contributed by atoms with van der Waals surface area (Å²) in [4.78, 5) is 22.5. The van der Waals surface area contributed by atoms with Crippen molar-refractivity contribution in [3.63, 3.8) is 0 Å². The van der Waals surface area contributed by atoms with E-state index in [1.54, 1.807) is 0 Å². The molecule has 0 aliphatic heterocycles.